The summed E-state index contributed by atoms with van der Waals surface area (Å²) in [6.07, 6.45) is 2.69. The van der Waals surface area contributed by atoms with E-state index < -0.39 is 0 Å². The summed E-state index contributed by atoms with van der Waals surface area (Å²) in [7, 11) is 6.03. The summed E-state index contributed by atoms with van der Waals surface area (Å²) in [6, 6.07) is 9.27. The first kappa shape index (κ1) is 16.6. The third kappa shape index (κ3) is 3.82. The summed E-state index contributed by atoms with van der Waals surface area (Å²) < 4.78 is 13.3. The van der Waals surface area contributed by atoms with Gasteiger partial charge in [0.05, 0.1) is 0 Å². The predicted octanol–water partition coefficient (Wildman–Crippen LogP) is 2.39. The second-order valence-corrected chi connectivity index (χ2v) is 6.55. The molecule has 1 aromatic carbocycles. The lowest BCUT2D eigenvalue weighted by Crippen LogP contribution is -2.35. The van der Waals surface area contributed by atoms with Crippen LogP contribution in [0.3, 0.4) is 0 Å². The lowest BCUT2D eigenvalue weighted by molar-refractivity contribution is 0.325. The molecule has 1 aromatic heterocycles. The Bertz CT molecular complexity index is 691. The van der Waals surface area contributed by atoms with Gasteiger partial charge in [-0.05, 0) is 24.1 Å². The topological polar surface area (TPSA) is 35.5 Å². The zero-order valence-electron chi connectivity index (χ0n) is 14.5. The van der Waals surface area contributed by atoms with E-state index in [0.29, 0.717) is 6.04 Å². The Labute approximate surface area is 142 Å². The van der Waals surface area contributed by atoms with E-state index in [2.05, 4.69) is 26.8 Å². The first-order valence-electron chi connectivity index (χ1n) is 8.22. The van der Waals surface area contributed by atoms with Crippen molar-refractivity contribution in [3.8, 4) is 0 Å². The van der Waals surface area contributed by atoms with Crippen molar-refractivity contribution >= 4 is 11.6 Å². The fourth-order valence-corrected chi connectivity index (χ4v) is 3.13. The van der Waals surface area contributed by atoms with Gasteiger partial charge < -0.3 is 9.80 Å². The lowest BCUT2D eigenvalue weighted by Gasteiger charge is -2.26. The summed E-state index contributed by atoms with van der Waals surface area (Å²) in [5, 5.41) is 0. The molecule has 5 nitrogen and oxygen atoms in total. The van der Waals surface area contributed by atoms with Gasteiger partial charge >= 0.3 is 0 Å². The molecule has 0 saturated carbocycles. The van der Waals surface area contributed by atoms with Crippen molar-refractivity contribution in [1.82, 2.24) is 14.9 Å². The van der Waals surface area contributed by atoms with Crippen LogP contribution in [0.25, 0.3) is 0 Å². The number of benzene rings is 1. The van der Waals surface area contributed by atoms with E-state index >= 15 is 0 Å². The highest BCUT2D eigenvalue weighted by Gasteiger charge is 2.26. The van der Waals surface area contributed by atoms with E-state index in [1.165, 1.54) is 6.07 Å². The maximum Gasteiger partial charge on any atom is 0.134 e. The molecule has 0 aliphatic carbocycles. The number of aromatic nitrogens is 2. The van der Waals surface area contributed by atoms with Crippen molar-refractivity contribution in [2.75, 3.05) is 44.0 Å². The first-order chi connectivity index (χ1) is 11.5. The molecule has 2 heterocycles. The van der Waals surface area contributed by atoms with Crippen LogP contribution in [0.2, 0.25) is 0 Å². The third-order valence-electron chi connectivity index (χ3n) is 4.55. The summed E-state index contributed by atoms with van der Waals surface area (Å²) >= 11 is 0. The van der Waals surface area contributed by atoms with Crippen molar-refractivity contribution in [3.05, 3.63) is 48.0 Å². The zero-order valence-corrected chi connectivity index (χ0v) is 14.5. The molecular weight excluding hydrogens is 305 g/mol. The zero-order chi connectivity index (χ0) is 17.1. The molecule has 0 spiro atoms. The van der Waals surface area contributed by atoms with Crippen LogP contribution in [0.15, 0.2) is 36.7 Å². The maximum atomic E-state index is 13.3. The highest BCUT2D eigenvalue weighted by molar-refractivity contribution is 5.49. The van der Waals surface area contributed by atoms with Crippen molar-refractivity contribution in [2.45, 2.75) is 19.0 Å². The molecule has 0 radical (unpaired) electrons. The van der Waals surface area contributed by atoms with Crippen LogP contribution in [-0.2, 0) is 6.54 Å². The van der Waals surface area contributed by atoms with Gasteiger partial charge in [-0.3, -0.25) is 4.90 Å². The molecule has 3 rings (SSSR count). The molecule has 1 saturated heterocycles. The number of hydrogen-bond donors (Lipinski definition) is 0. The van der Waals surface area contributed by atoms with E-state index in [-0.39, 0.29) is 5.82 Å². The Balaban J connectivity index is 1.63. The van der Waals surface area contributed by atoms with Gasteiger partial charge in [0.25, 0.3) is 0 Å². The van der Waals surface area contributed by atoms with Crippen LogP contribution >= 0.6 is 0 Å². The average Bonchev–Trinajstić information content (AvgIpc) is 3.02. The van der Waals surface area contributed by atoms with Crippen molar-refractivity contribution in [3.63, 3.8) is 0 Å². The number of likely N-dealkylation sites (N-methyl/N-ethyl adjacent to an activating group) is 1. The minimum absolute atomic E-state index is 0.169. The molecule has 128 valence electrons. The number of likely N-dealkylation sites (tertiary alicyclic amines) is 1. The van der Waals surface area contributed by atoms with Crippen LogP contribution in [0.1, 0.15) is 12.0 Å². The summed E-state index contributed by atoms with van der Waals surface area (Å²) in [5.74, 6) is 1.67. The van der Waals surface area contributed by atoms with Gasteiger partial charge in [-0.15, -0.1) is 0 Å². The molecule has 1 unspecified atom stereocenters. The third-order valence-corrected chi connectivity index (χ3v) is 4.55. The van der Waals surface area contributed by atoms with E-state index in [0.717, 1.165) is 43.3 Å². The molecule has 24 heavy (non-hydrogen) atoms. The molecule has 1 fully saturated rings. The van der Waals surface area contributed by atoms with E-state index in [1.54, 1.807) is 18.5 Å². The van der Waals surface area contributed by atoms with Crippen LogP contribution in [-0.4, -0.2) is 55.1 Å². The van der Waals surface area contributed by atoms with E-state index in [9.17, 15) is 4.39 Å². The number of nitrogens with zero attached hydrogens (tertiary/aromatic N) is 5. The molecule has 1 aliphatic rings. The van der Waals surface area contributed by atoms with Gasteiger partial charge in [-0.25, -0.2) is 14.4 Å². The Morgan fingerprint density at radius 1 is 1.17 bits per heavy atom. The molecule has 0 amide bonds. The van der Waals surface area contributed by atoms with E-state index in [4.69, 9.17) is 0 Å². The summed E-state index contributed by atoms with van der Waals surface area (Å²) in [6.45, 7) is 2.75. The molecule has 2 aromatic rings. The standard InChI is InChI=1S/C18H24FN5/c1-22(2)17-10-18(21-13-20-17)23(3)16-7-8-24(12-16)11-14-5-4-6-15(19)9-14/h4-6,9-10,13,16H,7-8,11-12H2,1-3H3. The molecule has 1 atom stereocenters. The molecule has 6 heteroatoms. The quantitative estimate of drug-likeness (QED) is 0.842. The van der Waals surface area contributed by atoms with Gasteiger partial charge in [0.1, 0.15) is 23.8 Å². The van der Waals surface area contributed by atoms with Gasteiger partial charge in [0.2, 0.25) is 0 Å². The second kappa shape index (κ2) is 7.13. The van der Waals surface area contributed by atoms with Gasteiger partial charge in [-0.2, -0.15) is 0 Å². The highest BCUT2D eigenvalue weighted by atomic mass is 19.1. The lowest BCUT2D eigenvalue weighted by atomic mass is 10.2. The fourth-order valence-electron chi connectivity index (χ4n) is 3.13. The second-order valence-electron chi connectivity index (χ2n) is 6.55. The predicted molar refractivity (Wildman–Crippen MR) is 94.8 cm³/mol. The normalized spacial score (nSPS) is 17.9. The smallest absolute Gasteiger partial charge is 0.134 e. The van der Waals surface area contributed by atoms with Crippen LogP contribution in [0.4, 0.5) is 16.0 Å². The maximum absolute atomic E-state index is 13.3. The highest BCUT2D eigenvalue weighted by Crippen LogP contribution is 2.23. The van der Waals surface area contributed by atoms with Crippen molar-refractivity contribution < 1.29 is 4.39 Å². The van der Waals surface area contributed by atoms with Crippen molar-refractivity contribution in [1.29, 1.82) is 0 Å². The Kier molecular flexibility index (Phi) is 4.94. The molecular formula is C18H24FN5. The van der Waals surface area contributed by atoms with E-state index in [1.807, 2.05) is 31.1 Å². The molecule has 1 aliphatic heterocycles. The largest absolute Gasteiger partial charge is 0.363 e. The van der Waals surface area contributed by atoms with Gasteiger partial charge in [-0.1, -0.05) is 12.1 Å². The van der Waals surface area contributed by atoms with Gasteiger partial charge in [0.15, 0.2) is 0 Å². The van der Waals surface area contributed by atoms with Crippen LogP contribution in [0.5, 0.6) is 0 Å². The van der Waals surface area contributed by atoms with Crippen molar-refractivity contribution in [2.24, 2.45) is 0 Å². The summed E-state index contributed by atoms with van der Waals surface area (Å²) in [4.78, 5) is 15.2. The SMILES string of the molecule is CN(C)c1cc(N(C)C2CCN(Cc3cccc(F)c3)C2)ncn1. The number of halogens is 1. The number of hydrogen-bond acceptors (Lipinski definition) is 5. The molecule has 0 N–H and O–H groups in total. The van der Waals surface area contributed by atoms with Gasteiger partial charge in [0, 0.05) is 52.9 Å². The molecule has 0 bridgehead atoms. The Hall–Kier alpha value is -2.21. The summed E-state index contributed by atoms with van der Waals surface area (Å²) in [5.41, 5.74) is 1.02. The monoisotopic (exact) mass is 329 g/mol. The van der Waals surface area contributed by atoms with Crippen LogP contribution < -0.4 is 9.80 Å². The number of rotatable bonds is 5. The van der Waals surface area contributed by atoms with Crippen LogP contribution in [0, 0.1) is 5.82 Å². The minimum Gasteiger partial charge on any atom is -0.363 e. The number of anilines is 2. The first-order valence-corrected chi connectivity index (χ1v) is 8.22. The Morgan fingerprint density at radius 2 is 1.96 bits per heavy atom. The average molecular weight is 329 g/mol. The fraction of sp³-hybridized carbons (Fsp3) is 0.444. The minimum atomic E-state index is -0.169. The Morgan fingerprint density at radius 3 is 2.71 bits per heavy atom.